The van der Waals surface area contributed by atoms with Crippen LogP contribution in [0.4, 0.5) is 0 Å². The number of benzene rings is 2. The van der Waals surface area contributed by atoms with E-state index in [0.717, 1.165) is 123 Å². The molecule has 4 aromatic rings. The highest BCUT2D eigenvalue weighted by atomic mass is 32.2. The van der Waals surface area contributed by atoms with Gasteiger partial charge in [0, 0.05) is 117 Å². The Kier molecular flexibility index (Phi) is 12.7. The molecule has 0 atom stereocenters. The maximum absolute atomic E-state index is 13.3. The van der Waals surface area contributed by atoms with E-state index >= 15 is 0 Å². The van der Waals surface area contributed by atoms with Crippen LogP contribution in [0.15, 0.2) is 41.4 Å². The van der Waals surface area contributed by atoms with Gasteiger partial charge < -0.3 is 20.0 Å². The highest BCUT2D eigenvalue weighted by Crippen LogP contribution is 2.35. The lowest BCUT2D eigenvalue weighted by Gasteiger charge is -2.30. The van der Waals surface area contributed by atoms with Crippen molar-refractivity contribution in [1.29, 1.82) is 0 Å². The van der Waals surface area contributed by atoms with Gasteiger partial charge in [0.05, 0.1) is 28.4 Å². The third-order valence-corrected chi connectivity index (χ3v) is 17.2. The van der Waals surface area contributed by atoms with Gasteiger partial charge in [0.2, 0.25) is 20.0 Å². The normalized spacial score (nSPS) is 19.1. The molecule has 0 aliphatic carbocycles. The van der Waals surface area contributed by atoms with Crippen LogP contribution >= 0.6 is 0 Å². The number of likely N-dealkylation sites (tertiary alicyclic amines) is 2. The third-order valence-electron chi connectivity index (χ3n) is 13.4. The van der Waals surface area contributed by atoms with Crippen LogP contribution in [0.5, 0.6) is 0 Å². The Balaban J connectivity index is 0.000000171. The van der Waals surface area contributed by atoms with Gasteiger partial charge in [0.1, 0.15) is 0 Å². The van der Waals surface area contributed by atoms with Gasteiger partial charge in [-0.05, 0) is 98.7 Å². The summed E-state index contributed by atoms with van der Waals surface area (Å²) in [7, 11) is -6.86. The van der Waals surface area contributed by atoms with Crippen LogP contribution < -0.4 is 5.32 Å². The Morgan fingerprint density at radius 2 is 1.20 bits per heavy atom. The summed E-state index contributed by atoms with van der Waals surface area (Å²) in [6.45, 7) is 15.1. The Morgan fingerprint density at radius 1 is 0.689 bits per heavy atom. The highest BCUT2D eigenvalue weighted by molar-refractivity contribution is 7.90. The summed E-state index contributed by atoms with van der Waals surface area (Å²) in [5.74, 6) is 2.81. The molecule has 0 unspecified atom stereocenters. The summed E-state index contributed by atoms with van der Waals surface area (Å²) in [5.41, 5.74) is 6.51. The molecule has 2 aromatic carbocycles. The van der Waals surface area contributed by atoms with Crippen LogP contribution in [0.25, 0.3) is 21.8 Å². The molecular weight excluding hydrogens is 811 g/mol. The molecule has 61 heavy (non-hydrogen) atoms. The lowest BCUT2D eigenvalue weighted by atomic mass is 9.98. The standard InChI is InChI=1S/C25H34N4O3S.C21H29N3O3S/c1-3-15-33(31,32)29-22-7-6-19(25(30)27-12-8-18(2)9-13-27)16-20(22)21-17-28(14-10-23(21)29)24-5-4-11-26-24;1-3-12-28(26,27)24-19-5-4-16(21(25)23-10-7-15(2)8-11-23)13-17(19)18-14-22-9-6-20(18)24/h6-7,16,18H,3-5,8-15,17H2,1-2H3;4-5,13,15,22H,3,6-12,14H2,1-2H3. The monoisotopic (exact) mass is 873 g/mol. The molecule has 13 nitrogen and oxygen atoms in total. The summed E-state index contributed by atoms with van der Waals surface area (Å²) in [5, 5.41) is 5.12. The van der Waals surface area contributed by atoms with E-state index < -0.39 is 20.0 Å². The number of hydrogen-bond acceptors (Lipinski definition) is 9. The minimum atomic E-state index is -3.46. The van der Waals surface area contributed by atoms with Crippen molar-refractivity contribution in [2.45, 2.75) is 105 Å². The first-order valence-electron chi connectivity index (χ1n) is 22.7. The van der Waals surface area contributed by atoms with E-state index in [9.17, 15) is 26.4 Å². The number of piperidine rings is 2. The number of aromatic nitrogens is 2. The van der Waals surface area contributed by atoms with Gasteiger partial charge in [-0.1, -0.05) is 27.7 Å². The van der Waals surface area contributed by atoms with Crippen molar-refractivity contribution in [1.82, 2.24) is 28.0 Å². The number of fused-ring (bicyclic) bond motifs is 6. The number of nitrogens with zero attached hydrogens (tertiary/aromatic N) is 6. The fourth-order valence-electron chi connectivity index (χ4n) is 9.96. The fraction of sp³-hybridized carbons (Fsp3) is 0.587. The summed E-state index contributed by atoms with van der Waals surface area (Å²) < 4.78 is 55.5. The molecule has 0 radical (unpaired) electrons. The van der Waals surface area contributed by atoms with E-state index in [1.54, 1.807) is 14.0 Å². The Morgan fingerprint density at radius 3 is 1.69 bits per heavy atom. The molecular formula is C46H63N7O6S2. The predicted octanol–water partition coefficient (Wildman–Crippen LogP) is 6.40. The average molecular weight is 874 g/mol. The van der Waals surface area contributed by atoms with Crippen molar-refractivity contribution < 1.29 is 26.4 Å². The van der Waals surface area contributed by atoms with Gasteiger partial charge in [-0.2, -0.15) is 0 Å². The quantitative estimate of drug-likeness (QED) is 0.214. The largest absolute Gasteiger partial charge is 0.356 e. The van der Waals surface area contributed by atoms with E-state index in [2.05, 4.69) is 29.1 Å². The molecule has 2 saturated heterocycles. The summed E-state index contributed by atoms with van der Waals surface area (Å²) in [6, 6.07) is 11.1. The second-order valence-corrected chi connectivity index (χ2v) is 21.8. The number of carbonyl (C=O) groups excluding carboxylic acids is 2. The van der Waals surface area contributed by atoms with Crippen LogP contribution in [-0.4, -0.2) is 114 Å². The predicted molar refractivity (Wildman–Crippen MR) is 242 cm³/mol. The number of hydrogen-bond donors (Lipinski definition) is 1. The molecule has 15 heteroatoms. The van der Waals surface area contributed by atoms with Crippen LogP contribution in [0.1, 0.15) is 122 Å². The van der Waals surface area contributed by atoms with Gasteiger partial charge in [-0.25, -0.2) is 24.8 Å². The van der Waals surface area contributed by atoms with E-state index in [1.165, 1.54) is 0 Å². The molecule has 7 heterocycles. The second-order valence-electron chi connectivity index (χ2n) is 17.9. The maximum atomic E-state index is 13.3. The Labute approximate surface area is 361 Å². The van der Waals surface area contributed by atoms with Gasteiger partial charge >= 0.3 is 0 Å². The lowest BCUT2D eigenvalue weighted by Crippen LogP contribution is -2.37. The zero-order chi connectivity index (χ0) is 43.1. The number of aliphatic imine (C=N–C) groups is 1. The van der Waals surface area contributed by atoms with Crippen molar-refractivity contribution in [3.05, 3.63) is 70.0 Å². The van der Waals surface area contributed by atoms with Crippen LogP contribution in [0.3, 0.4) is 0 Å². The number of nitrogens with one attached hydrogen (secondary N) is 1. The average Bonchev–Trinajstić information content (AvgIpc) is 3.99. The first kappa shape index (κ1) is 43.4. The molecule has 9 rings (SSSR count). The van der Waals surface area contributed by atoms with Crippen molar-refractivity contribution in [2.75, 3.05) is 57.3 Å². The molecule has 2 amide bonds. The second kappa shape index (κ2) is 17.9. The zero-order valence-electron chi connectivity index (χ0n) is 36.4. The summed E-state index contributed by atoms with van der Waals surface area (Å²) in [4.78, 5) is 37.1. The van der Waals surface area contributed by atoms with E-state index in [1.807, 2.05) is 54.0 Å². The number of amides is 2. The molecule has 330 valence electrons. The molecule has 0 saturated carbocycles. The molecule has 2 aromatic heterocycles. The molecule has 5 aliphatic heterocycles. The Bertz CT molecular complexity index is 2560. The van der Waals surface area contributed by atoms with E-state index in [-0.39, 0.29) is 23.3 Å². The molecule has 2 fully saturated rings. The molecule has 0 spiro atoms. The topological polar surface area (TPSA) is 146 Å². The number of rotatable bonds is 8. The highest BCUT2D eigenvalue weighted by Gasteiger charge is 2.32. The van der Waals surface area contributed by atoms with Crippen LogP contribution in [0.2, 0.25) is 0 Å². The van der Waals surface area contributed by atoms with Crippen molar-refractivity contribution in [3.8, 4) is 0 Å². The summed E-state index contributed by atoms with van der Waals surface area (Å²) >= 11 is 0. The third kappa shape index (κ3) is 8.63. The number of carbonyl (C=O) groups is 2. The molecule has 1 N–H and O–H groups in total. The van der Waals surface area contributed by atoms with Gasteiger partial charge in [-0.3, -0.25) is 14.6 Å². The Hall–Kier alpha value is -4.21. The van der Waals surface area contributed by atoms with Crippen LogP contribution in [0, 0.1) is 11.8 Å². The molecule has 0 bridgehead atoms. The van der Waals surface area contributed by atoms with Gasteiger partial charge in [-0.15, -0.1) is 0 Å². The van der Waals surface area contributed by atoms with Crippen LogP contribution in [-0.2, 0) is 46.0 Å². The minimum absolute atomic E-state index is 0.0505. The van der Waals surface area contributed by atoms with Crippen molar-refractivity contribution >= 4 is 59.5 Å². The zero-order valence-corrected chi connectivity index (χ0v) is 38.1. The smallest absolute Gasteiger partial charge is 0.253 e. The maximum Gasteiger partial charge on any atom is 0.253 e. The first-order chi connectivity index (χ1) is 29.3. The molecule has 5 aliphatic rings. The SMILES string of the molecule is CCCS(=O)(=O)n1c2c(c3cc(C(=O)N4CCC(C)CC4)ccc31)CN(C1=NCCC1)CC2.CCCS(=O)(=O)n1c2c(c3cc(C(=O)N4CCC(C)CC4)ccc31)CNCC2. The summed E-state index contributed by atoms with van der Waals surface area (Å²) in [6.07, 6.45) is 8.72. The van der Waals surface area contributed by atoms with Gasteiger partial charge in [0.15, 0.2) is 0 Å². The van der Waals surface area contributed by atoms with E-state index in [0.29, 0.717) is 72.8 Å². The van der Waals surface area contributed by atoms with Crippen molar-refractivity contribution in [3.63, 3.8) is 0 Å². The number of amidine groups is 1. The van der Waals surface area contributed by atoms with Gasteiger partial charge in [0.25, 0.3) is 11.8 Å². The lowest BCUT2D eigenvalue weighted by molar-refractivity contribution is 0.0689. The van der Waals surface area contributed by atoms with Crippen molar-refractivity contribution in [2.24, 2.45) is 16.8 Å². The first-order valence-corrected chi connectivity index (χ1v) is 25.9. The minimum Gasteiger partial charge on any atom is -0.356 e. The fourth-order valence-corrected chi connectivity index (χ4v) is 13.3. The van der Waals surface area contributed by atoms with E-state index in [4.69, 9.17) is 0 Å².